The first-order valence-corrected chi connectivity index (χ1v) is 4.91. The van der Waals surface area contributed by atoms with Crippen LogP contribution in [0.25, 0.3) is 0 Å². The van der Waals surface area contributed by atoms with Crippen LogP contribution in [0.1, 0.15) is 26.2 Å². The minimum absolute atomic E-state index is 0.281. The van der Waals surface area contributed by atoms with E-state index in [1.165, 1.54) is 0 Å². The number of carboxylic acids is 1. The Balaban J connectivity index is 4.46. The Bertz CT molecular complexity index is 198. The van der Waals surface area contributed by atoms with Crippen LogP contribution in [0.15, 0.2) is 0 Å². The number of hydrogen-bond donors (Lipinski definition) is 1. The molecule has 0 heterocycles. The van der Waals surface area contributed by atoms with E-state index in [1.807, 2.05) is 28.1 Å². The number of carbonyl (C=O) groups is 1. The molecular weight excluding hydrogens is 182 g/mol. The highest BCUT2D eigenvalue weighted by atomic mass is 16.4. The topological polar surface area (TPSA) is 60.4 Å². The predicted octanol–water partition coefficient (Wildman–Crippen LogP) is -0.636. The molecule has 0 aliphatic carbocycles. The van der Waals surface area contributed by atoms with Gasteiger partial charge in [-0.1, -0.05) is 13.3 Å². The van der Waals surface area contributed by atoms with E-state index in [1.54, 1.807) is 0 Å². The number of nitrogens with zero attached hydrogens (tertiary/aromatic N) is 1. The van der Waals surface area contributed by atoms with Gasteiger partial charge in [-0.3, -0.25) is 0 Å². The number of likely N-dealkylation sites (N-methyl/N-ethyl adjacent to an activating group) is 1. The van der Waals surface area contributed by atoms with Gasteiger partial charge in [0.25, 0.3) is 0 Å². The fraction of sp³-hybridized carbons (Fsp3) is 0.900. The molecule has 0 aliphatic rings. The minimum atomic E-state index is -1.19. The summed E-state index contributed by atoms with van der Waals surface area (Å²) in [6.45, 7) is 2.35. The van der Waals surface area contributed by atoms with Gasteiger partial charge in [0.15, 0.2) is 0 Å². The summed E-state index contributed by atoms with van der Waals surface area (Å²) in [5.41, 5.74) is -1.13. The number of aliphatic carboxylic acids is 1. The Morgan fingerprint density at radius 3 is 2.21 bits per heavy atom. The Kier molecular flexibility index (Phi) is 4.55. The Morgan fingerprint density at radius 1 is 1.43 bits per heavy atom. The molecule has 0 rings (SSSR count). The Hall–Kier alpha value is -0.610. The third kappa shape index (κ3) is 5.94. The van der Waals surface area contributed by atoms with E-state index in [4.69, 9.17) is 0 Å². The first-order chi connectivity index (χ1) is 6.18. The van der Waals surface area contributed by atoms with Crippen LogP contribution in [0.2, 0.25) is 0 Å². The van der Waals surface area contributed by atoms with Gasteiger partial charge >= 0.3 is 0 Å². The van der Waals surface area contributed by atoms with Crippen molar-refractivity contribution < 1.29 is 19.5 Å². The monoisotopic (exact) mass is 203 g/mol. The van der Waals surface area contributed by atoms with E-state index in [2.05, 4.69) is 0 Å². The zero-order valence-corrected chi connectivity index (χ0v) is 9.54. The lowest BCUT2D eigenvalue weighted by Crippen LogP contribution is -2.51. The highest BCUT2D eigenvalue weighted by molar-refractivity contribution is 5.65. The molecule has 4 nitrogen and oxygen atoms in total. The van der Waals surface area contributed by atoms with Gasteiger partial charge in [-0.25, -0.2) is 0 Å². The van der Waals surface area contributed by atoms with Crippen LogP contribution in [0.3, 0.4) is 0 Å². The summed E-state index contributed by atoms with van der Waals surface area (Å²) < 4.78 is 0.545. The van der Waals surface area contributed by atoms with Crippen LogP contribution in [0.4, 0.5) is 0 Å². The molecule has 0 radical (unpaired) electrons. The molecule has 0 aromatic heterocycles. The van der Waals surface area contributed by atoms with Gasteiger partial charge in [0, 0.05) is 12.4 Å². The molecule has 1 unspecified atom stereocenters. The van der Waals surface area contributed by atoms with Crippen molar-refractivity contribution in [1.29, 1.82) is 0 Å². The van der Waals surface area contributed by atoms with E-state index in [-0.39, 0.29) is 6.42 Å². The average molecular weight is 203 g/mol. The molecule has 4 heteroatoms. The first kappa shape index (κ1) is 13.4. The summed E-state index contributed by atoms with van der Waals surface area (Å²) in [5, 5.41) is 20.6. The van der Waals surface area contributed by atoms with Gasteiger partial charge in [-0.2, -0.15) is 0 Å². The Morgan fingerprint density at radius 2 is 1.93 bits per heavy atom. The van der Waals surface area contributed by atoms with Gasteiger partial charge < -0.3 is 19.5 Å². The molecule has 0 saturated heterocycles. The maximum absolute atomic E-state index is 10.5. The van der Waals surface area contributed by atoms with Gasteiger partial charge in [0.1, 0.15) is 12.1 Å². The van der Waals surface area contributed by atoms with Crippen LogP contribution in [-0.2, 0) is 4.79 Å². The van der Waals surface area contributed by atoms with Crippen molar-refractivity contribution >= 4 is 5.97 Å². The number of carbonyl (C=O) groups excluding carboxylic acids is 1. The lowest BCUT2D eigenvalue weighted by atomic mass is 9.93. The number of quaternary nitrogens is 1. The average Bonchev–Trinajstić information content (AvgIpc) is 1.78. The predicted molar refractivity (Wildman–Crippen MR) is 52.4 cm³/mol. The molecule has 84 valence electrons. The molecule has 1 N–H and O–H groups in total. The van der Waals surface area contributed by atoms with E-state index >= 15 is 0 Å². The summed E-state index contributed by atoms with van der Waals surface area (Å²) in [6.07, 6.45) is 0.983. The van der Waals surface area contributed by atoms with Crippen LogP contribution in [0.5, 0.6) is 0 Å². The van der Waals surface area contributed by atoms with Crippen LogP contribution >= 0.6 is 0 Å². The zero-order valence-electron chi connectivity index (χ0n) is 9.54. The second kappa shape index (κ2) is 4.75. The molecule has 0 aromatic carbocycles. The normalized spacial score (nSPS) is 16.4. The molecule has 0 amide bonds. The van der Waals surface area contributed by atoms with Gasteiger partial charge in [0.05, 0.1) is 21.1 Å². The smallest absolute Gasteiger partial charge is 0.119 e. The summed E-state index contributed by atoms with van der Waals surface area (Å²) in [4.78, 5) is 10.5. The Labute approximate surface area is 85.7 Å². The maximum Gasteiger partial charge on any atom is 0.119 e. The highest BCUT2D eigenvalue weighted by Crippen LogP contribution is 2.19. The standard InChI is InChI=1S/C10H21NO3/c1-5-6-10(14,7-9(12)13)8-11(2,3)4/h14H,5-8H2,1-4H3. The summed E-state index contributed by atoms with van der Waals surface area (Å²) in [7, 11) is 5.78. The second-order valence-corrected chi connectivity index (χ2v) is 4.97. The van der Waals surface area contributed by atoms with E-state index < -0.39 is 11.6 Å². The SMILES string of the molecule is CCCC(O)(CC(=O)[O-])C[N+](C)(C)C. The molecule has 14 heavy (non-hydrogen) atoms. The molecule has 0 spiro atoms. The van der Waals surface area contributed by atoms with Crippen molar-refractivity contribution in [1.82, 2.24) is 0 Å². The molecule has 0 saturated carbocycles. The number of rotatable bonds is 6. The lowest BCUT2D eigenvalue weighted by Gasteiger charge is -2.35. The summed E-state index contributed by atoms with van der Waals surface area (Å²) >= 11 is 0. The van der Waals surface area contributed by atoms with Crippen molar-refractivity contribution in [2.24, 2.45) is 0 Å². The fourth-order valence-electron chi connectivity index (χ4n) is 1.84. The van der Waals surface area contributed by atoms with Gasteiger partial charge in [0.2, 0.25) is 0 Å². The van der Waals surface area contributed by atoms with Crippen LogP contribution in [-0.4, -0.2) is 48.8 Å². The molecular formula is C10H21NO3. The van der Waals surface area contributed by atoms with Crippen molar-refractivity contribution in [2.45, 2.75) is 31.8 Å². The van der Waals surface area contributed by atoms with Gasteiger partial charge in [-0.15, -0.1) is 0 Å². The third-order valence-electron chi connectivity index (χ3n) is 1.96. The minimum Gasteiger partial charge on any atom is -0.550 e. The summed E-state index contributed by atoms with van der Waals surface area (Å²) in [5.74, 6) is -1.19. The molecule has 1 atom stereocenters. The van der Waals surface area contributed by atoms with Crippen molar-refractivity contribution in [3.8, 4) is 0 Å². The van der Waals surface area contributed by atoms with Crippen LogP contribution < -0.4 is 5.11 Å². The number of hydrogen-bond acceptors (Lipinski definition) is 3. The summed E-state index contributed by atoms with van der Waals surface area (Å²) in [6, 6.07) is 0. The largest absolute Gasteiger partial charge is 0.550 e. The quantitative estimate of drug-likeness (QED) is 0.584. The zero-order chi connectivity index (χ0) is 11.4. The van der Waals surface area contributed by atoms with Crippen LogP contribution in [0, 0.1) is 0 Å². The van der Waals surface area contributed by atoms with E-state index in [0.717, 1.165) is 6.42 Å². The third-order valence-corrected chi connectivity index (χ3v) is 1.96. The fourth-order valence-corrected chi connectivity index (χ4v) is 1.84. The molecule has 0 aliphatic heterocycles. The van der Waals surface area contributed by atoms with Crippen molar-refractivity contribution in [3.05, 3.63) is 0 Å². The lowest BCUT2D eigenvalue weighted by molar-refractivity contribution is -0.877. The van der Waals surface area contributed by atoms with E-state index in [9.17, 15) is 15.0 Å². The number of carboxylic acid groups (broad SMARTS) is 1. The second-order valence-electron chi connectivity index (χ2n) is 4.97. The molecule has 0 fully saturated rings. The first-order valence-electron chi connectivity index (χ1n) is 4.91. The molecule has 0 bridgehead atoms. The van der Waals surface area contributed by atoms with Crippen molar-refractivity contribution in [3.63, 3.8) is 0 Å². The molecule has 0 aromatic rings. The van der Waals surface area contributed by atoms with E-state index in [0.29, 0.717) is 17.4 Å². The van der Waals surface area contributed by atoms with Crippen molar-refractivity contribution in [2.75, 3.05) is 27.7 Å². The van der Waals surface area contributed by atoms with Gasteiger partial charge in [-0.05, 0) is 6.42 Å². The maximum atomic E-state index is 10.5. The highest BCUT2D eigenvalue weighted by Gasteiger charge is 2.32. The number of aliphatic hydroxyl groups is 1.